The number of benzene rings is 1. The van der Waals surface area contributed by atoms with Gasteiger partial charge in [0.25, 0.3) is 0 Å². The molecule has 1 heterocycles. The van der Waals surface area contributed by atoms with Gasteiger partial charge in [-0.05, 0) is 48.6 Å². The number of hydrogen-bond donors (Lipinski definition) is 2. The predicted octanol–water partition coefficient (Wildman–Crippen LogP) is 5.24. The van der Waals surface area contributed by atoms with Gasteiger partial charge in [0.1, 0.15) is 24.2 Å². The van der Waals surface area contributed by atoms with Crippen molar-refractivity contribution in [2.45, 2.75) is 70.9 Å². The Morgan fingerprint density at radius 2 is 1.83 bits per heavy atom. The third-order valence-corrected chi connectivity index (χ3v) is 6.20. The van der Waals surface area contributed by atoms with E-state index in [1.54, 1.807) is 12.3 Å². The summed E-state index contributed by atoms with van der Waals surface area (Å²) in [5.41, 5.74) is 0.628. The van der Waals surface area contributed by atoms with Crippen molar-refractivity contribution in [2.75, 3.05) is 5.75 Å². The Kier molecular flexibility index (Phi) is 12.4. The molecule has 0 radical (unpaired) electrons. The van der Waals surface area contributed by atoms with E-state index in [0.717, 1.165) is 18.6 Å². The number of hydrogen-bond acceptors (Lipinski definition) is 6. The van der Waals surface area contributed by atoms with Gasteiger partial charge < -0.3 is 19.8 Å². The first-order chi connectivity index (χ1) is 16.8. The summed E-state index contributed by atoms with van der Waals surface area (Å²) in [6.45, 7) is 5.86. The minimum Gasteiger partial charge on any atom is -0.468 e. The van der Waals surface area contributed by atoms with Crippen molar-refractivity contribution in [1.29, 1.82) is 0 Å². The van der Waals surface area contributed by atoms with Crippen LogP contribution in [-0.2, 0) is 26.7 Å². The van der Waals surface area contributed by atoms with Gasteiger partial charge in [-0.1, -0.05) is 45.7 Å². The zero-order valence-electron chi connectivity index (χ0n) is 20.6. The lowest BCUT2D eigenvalue weighted by molar-refractivity contribution is -0.128. The van der Waals surface area contributed by atoms with E-state index in [2.05, 4.69) is 10.6 Å². The number of ketones is 1. The molecule has 0 spiro atoms. The SMILES string of the molecule is CCCCC(NC(=O)C(CC(C)C)NC(=O)OCc1ccc(F)cc1)C(=O)CSCc1ccco1. The Morgan fingerprint density at radius 1 is 1.09 bits per heavy atom. The number of ether oxygens (including phenoxy) is 1. The maximum Gasteiger partial charge on any atom is 0.408 e. The molecule has 2 rings (SSSR count). The normalized spacial score (nSPS) is 12.7. The summed E-state index contributed by atoms with van der Waals surface area (Å²) in [7, 11) is 0. The number of halogens is 1. The molecule has 0 aliphatic rings. The number of carbonyl (C=O) groups excluding carboxylic acids is 3. The summed E-state index contributed by atoms with van der Waals surface area (Å²) >= 11 is 1.44. The first-order valence-corrected chi connectivity index (χ1v) is 13.0. The van der Waals surface area contributed by atoms with Crippen LogP contribution < -0.4 is 10.6 Å². The molecule has 0 saturated heterocycles. The molecule has 2 atom stereocenters. The summed E-state index contributed by atoms with van der Waals surface area (Å²) < 4.78 is 23.5. The number of furan rings is 1. The van der Waals surface area contributed by atoms with Crippen LogP contribution in [-0.4, -0.2) is 35.6 Å². The third-order valence-electron chi connectivity index (χ3n) is 5.22. The molecule has 0 fully saturated rings. The Morgan fingerprint density at radius 3 is 2.46 bits per heavy atom. The van der Waals surface area contributed by atoms with Gasteiger partial charge in [0, 0.05) is 0 Å². The zero-order chi connectivity index (χ0) is 25.6. The number of Topliss-reactive ketones (excluding diaryl/α,β-unsaturated/α-hetero) is 1. The Balaban J connectivity index is 1.93. The second kappa shape index (κ2) is 15.2. The van der Waals surface area contributed by atoms with Gasteiger partial charge in [0.15, 0.2) is 5.78 Å². The first-order valence-electron chi connectivity index (χ1n) is 11.9. The van der Waals surface area contributed by atoms with Gasteiger partial charge in [-0.3, -0.25) is 9.59 Å². The van der Waals surface area contributed by atoms with E-state index in [0.29, 0.717) is 24.2 Å². The van der Waals surface area contributed by atoms with E-state index >= 15 is 0 Å². The highest BCUT2D eigenvalue weighted by Gasteiger charge is 2.27. The van der Waals surface area contributed by atoms with Gasteiger partial charge >= 0.3 is 6.09 Å². The predicted molar refractivity (Wildman–Crippen MR) is 134 cm³/mol. The minimum absolute atomic E-state index is 0.0490. The van der Waals surface area contributed by atoms with Crippen LogP contribution in [0.2, 0.25) is 0 Å². The second-order valence-corrected chi connectivity index (χ2v) is 9.76. The molecule has 7 nitrogen and oxygen atoms in total. The number of alkyl carbamates (subject to hydrolysis) is 1. The van der Waals surface area contributed by atoms with Gasteiger partial charge in [-0.25, -0.2) is 9.18 Å². The van der Waals surface area contributed by atoms with E-state index in [4.69, 9.17) is 9.15 Å². The van der Waals surface area contributed by atoms with Crippen LogP contribution >= 0.6 is 11.8 Å². The molecule has 0 aliphatic heterocycles. The molecule has 0 saturated carbocycles. The standard InChI is InChI=1S/C26H35FN2O5S/c1-4-5-8-22(24(30)17-35-16-21-7-6-13-33-21)28-25(31)23(14-18(2)3)29-26(32)34-15-19-9-11-20(27)12-10-19/h6-7,9-13,18,22-23H,4-5,8,14-17H2,1-3H3,(H,28,31)(H,29,32). The lowest BCUT2D eigenvalue weighted by Crippen LogP contribution is -2.52. The monoisotopic (exact) mass is 506 g/mol. The van der Waals surface area contributed by atoms with Crippen LogP contribution in [0.5, 0.6) is 0 Å². The van der Waals surface area contributed by atoms with Crippen molar-refractivity contribution < 1.29 is 27.9 Å². The van der Waals surface area contributed by atoms with Crippen molar-refractivity contribution in [2.24, 2.45) is 5.92 Å². The average molecular weight is 507 g/mol. The number of amides is 2. The number of unbranched alkanes of at least 4 members (excludes halogenated alkanes) is 1. The van der Waals surface area contributed by atoms with Crippen molar-refractivity contribution >= 4 is 29.5 Å². The lowest BCUT2D eigenvalue weighted by Gasteiger charge is -2.24. The smallest absolute Gasteiger partial charge is 0.408 e. The molecular formula is C26H35FN2O5S. The minimum atomic E-state index is -0.844. The van der Waals surface area contributed by atoms with E-state index < -0.39 is 24.1 Å². The molecule has 192 valence electrons. The molecule has 1 aromatic heterocycles. The van der Waals surface area contributed by atoms with Crippen LogP contribution in [0, 0.1) is 11.7 Å². The highest BCUT2D eigenvalue weighted by Crippen LogP contribution is 2.15. The molecule has 35 heavy (non-hydrogen) atoms. The van der Waals surface area contributed by atoms with Crippen LogP contribution in [0.25, 0.3) is 0 Å². The van der Waals surface area contributed by atoms with Crippen molar-refractivity contribution in [1.82, 2.24) is 10.6 Å². The van der Waals surface area contributed by atoms with Crippen molar-refractivity contribution in [3.8, 4) is 0 Å². The Labute approximate surface area is 210 Å². The highest BCUT2D eigenvalue weighted by atomic mass is 32.2. The summed E-state index contributed by atoms with van der Waals surface area (Å²) in [5, 5.41) is 5.46. The van der Waals surface area contributed by atoms with Gasteiger partial charge in [-0.2, -0.15) is 0 Å². The highest BCUT2D eigenvalue weighted by molar-refractivity contribution is 7.99. The van der Waals surface area contributed by atoms with E-state index in [-0.39, 0.29) is 29.9 Å². The fourth-order valence-electron chi connectivity index (χ4n) is 3.36. The average Bonchev–Trinajstić information content (AvgIpc) is 3.34. The van der Waals surface area contributed by atoms with Gasteiger partial charge in [0.2, 0.25) is 5.91 Å². The molecule has 2 aromatic rings. The molecule has 9 heteroatoms. The van der Waals surface area contributed by atoms with Crippen LogP contribution in [0.4, 0.5) is 9.18 Å². The molecule has 1 aromatic carbocycles. The number of carbonyl (C=O) groups is 3. The fraction of sp³-hybridized carbons (Fsp3) is 0.500. The van der Waals surface area contributed by atoms with E-state index in [1.165, 1.54) is 36.0 Å². The maximum atomic E-state index is 13.1. The topological polar surface area (TPSA) is 97.6 Å². The van der Waals surface area contributed by atoms with Gasteiger partial charge in [0.05, 0.1) is 23.8 Å². The summed E-state index contributed by atoms with van der Waals surface area (Å²) in [5.74, 6) is 0.878. The van der Waals surface area contributed by atoms with E-state index in [1.807, 2.05) is 26.8 Å². The van der Waals surface area contributed by atoms with Crippen LogP contribution in [0.3, 0.4) is 0 Å². The molecule has 0 aliphatic carbocycles. The zero-order valence-corrected chi connectivity index (χ0v) is 21.4. The van der Waals surface area contributed by atoms with Crippen molar-refractivity contribution in [3.05, 3.63) is 59.8 Å². The largest absolute Gasteiger partial charge is 0.468 e. The summed E-state index contributed by atoms with van der Waals surface area (Å²) in [6.07, 6.45) is 3.45. The third kappa shape index (κ3) is 11.0. The Bertz CT molecular complexity index is 918. The van der Waals surface area contributed by atoms with Gasteiger partial charge in [-0.15, -0.1) is 11.8 Å². The number of rotatable bonds is 15. The Hall–Kier alpha value is -2.81. The molecule has 2 amide bonds. The summed E-state index contributed by atoms with van der Waals surface area (Å²) in [4.78, 5) is 38.3. The number of thioether (sulfide) groups is 1. The lowest BCUT2D eigenvalue weighted by atomic mass is 10.0. The molecule has 2 N–H and O–H groups in total. The molecule has 0 bridgehead atoms. The summed E-state index contributed by atoms with van der Waals surface area (Å²) in [6, 6.07) is 7.79. The van der Waals surface area contributed by atoms with Crippen LogP contribution in [0.1, 0.15) is 57.8 Å². The van der Waals surface area contributed by atoms with Crippen molar-refractivity contribution in [3.63, 3.8) is 0 Å². The van der Waals surface area contributed by atoms with Crippen LogP contribution in [0.15, 0.2) is 47.1 Å². The molecular weight excluding hydrogens is 471 g/mol. The first kappa shape index (κ1) is 28.4. The van der Waals surface area contributed by atoms with E-state index in [9.17, 15) is 18.8 Å². The maximum absolute atomic E-state index is 13.1. The molecule has 2 unspecified atom stereocenters. The second-order valence-electron chi connectivity index (χ2n) is 8.77. The number of nitrogens with one attached hydrogen (secondary N) is 2. The quantitative estimate of drug-likeness (QED) is 0.343. The fourth-order valence-corrected chi connectivity index (χ4v) is 4.23.